The fourth-order valence-corrected chi connectivity index (χ4v) is 4.15. The third-order valence-electron chi connectivity index (χ3n) is 4.63. The van der Waals surface area contributed by atoms with Crippen LogP contribution >= 0.6 is 11.3 Å². The van der Waals surface area contributed by atoms with E-state index in [1.807, 2.05) is 13.8 Å². The van der Waals surface area contributed by atoms with Crippen LogP contribution < -0.4 is 5.32 Å². The Hall–Kier alpha value is -3.41. The SMILES string of the molecule is CCOC(=O)c1cc(C(C)C)sc1NC(=O)COC(=O)Cn1c(C(F)(F)F)nc2ccccc21. The van der Waals surface area contributed by atoms with E-state index in [4.69, 9.17) is 9.47 Å². The van der Waals surface area contributed by atoms with Crippen molar-refractivity contribution in [1.82, 2.24) is 9.55 Å². The zero-order valence-electron chi connectivity index (χ0n) is 18.6. The van der Waals surface area contributed by atoms with E-state index >= 15 is 0 Å². The van der Waals surface area contributed by atoms with Crippen molar-refractivity contribution >= 4 is 45.2 Å². The molecule has 0 spiro atoms. The Morgan fingerprint density at radius 3 is 2.53 bits per heavy atom. The van der Waals surface area contributed by atoms with E-state index in [-0.39, 0.29) is 34.1 Å². The molecule has 0 saturated heterocycles. The topological polar surface area (TPSA) is 99.5 Å². The lowest BCUT2D eigenvalue weighted by Crippen LogP contribution is -2.25. The number of imidazole rings is 1. The van der Waals surface area contributed by atoms with Crippen molar-refractivity contribution in [2.24, 2.45) is 0 Å². The van der Waals surface area contributed by atoms with Gasteiger partial charge in [-0.15, -0.1) is 11.3 Å². The number of aromatic nitrogens is 2. The lowest BCUT2D eigenvalue weighted by molar-refractivity contribution is -0.152. The number of anilines is 1. The molecule has 3 aromatic rings. The predicted molar refractivity (Wildman–Crippen MR) is 119 cm³/mol. The summed E-state index contributed by atoms with van der Waals surface area (Å²) in [5.41, 5.74) is 0.357. The number of benzene rings is 1. The first-order valence-electron chi connectivity index (χ1n) is 10.3. The summed E-state index contributed by atoms with van der Waals surface area (Å²) in [4.78, 5) is 41.2. The summed E-state index contributed by atoms with van der Waals surface area (Å²) in [6.07, 6.45) is -4.78. The lowest BCUT2D eigenvalue weighted by atomic mass is 10.1. The van der Waals surface area contributed by atoms with Crippen molar-refractivity contribution in [3.8, 4) is 0 Å². The Kier molecular flexibility index (Phi) is 7.60. The maximum atomic E-state index is 13.4. The highest BCUT2D eigenvalue weighted by Gasteiger charge is 2.38. The number of fused-ring (bicyclic) bond motifs is 1. The number of halogens is 3. The second kappa shape index (κ2) is 10.2. The summed E-state index contributed by atoms with van der Waals surface area (Å²) >= 11 is 1.18. The number of esters is 2. The van der Waals surface area contributed by atoms with E-state index in [0.29, 0.717) is 4.57 Å². The van der Waals surface area contributed by atoms with Gasteiger partial charge in [-0.3, -0.25) is 9.59 Å². The van der Waals surface area contributed by atoms with E-state index in [9.17, 15) is 27.6 Å². The Labute approximate surface area is 196 Å². The third-order valence-corrected chi connectivity index (χ3v) is 5.98. The van der Waals surface area contributed by atoms with Gasteiger partial charge in [0, 0.05) is 4.88 Å². The number of carbonyl (C=O) groups excluding carboxylic acids is 3. The van der Waals surface area contributed by atoms with Crippen LogP contribution in [0.25, 0.3) is 11.0 Å². The molecule has 34 heavy (non-hydrogen) atoms. The number of nitrogens with zero attached hydrogens (tertiary/aromatic N) is 2. The van der Waals surface area contributed by atoms with Crippen LogP contribution in [0.4, 0.5) is 18.2 Å². The number of hydrogen-bond donors (Lipinski definition) is 1. The molecule has 3 rings (SSSR count). The van der Waals surface area contributed by atoms with Crippen LogP contribution in [0.3, 0.4) is 0 Å². The molecule has 182 valence electrons. The zero-order chi connectivity index (χ0) is 25.0. The van der Waals surface area contributed by atoms with Crippen LogP contribution in [0, 0.1) is 0 Å². The summed E-state index contributed by atoms with van der Waals surface area (Å²) in [6, 6.07) is 7.47. The molecule has 0 aliphatic carbocycles. The van der Waals surface area contributed by atoms with Gasteiger partial charge in [-0.05, 0) is 31.0 Å². The van der Waals surface area contributed by atoms with Crippen LogP contribution in [0.1, 0.15) is 47.7 Å². The molecule has 0 radical (unpaired) electrons. The predicted octanol–water partition coefficient (Wildman–Crippen LogP) is 4.60. The van der Waals surface area contributed by atoms with E-state index in [0.717, 1.165) is 4.88 Å². The average molecular weight is 497 g/mol. The van der Waals surface area contributed by atoms with E-state index in [1.54, 1.807) is 13.0 Å². The minimum atomic E-state index is -4.78. The van der Waals surface area contributed by atoms with Gasteiger partial charge in [-0.25, -0.2) is 9.78 Å². The van der Waals surface area contributed by atoms with Crippen molar-refractivity contribution in [2.45, 2.75) is 39.4 Å². The number of hydrogen-bond acceptors (Lipinski definition) is 7. The van der Waals surface area contributed by atoms with Crippen molar-refractivity contribution < 1.29 is 37.0 Å². The summed E-state index contributed by atoms with van der Waals surface area (Å²) in [7, 11) is 0. The highest BCUT2D eigenvalue weighted by molar-refractivity contribution is 7.16. The Bertz CT molecular complexity index is 1220. The Morgan fingerprint density at radius 2 is 1.88 bits per heavy atom. The second-order valence-corrected chi connectivity index (χ2v) is 8.57. The Morgan fingerprint density at radius 1 is 1.18 bits per heavy atom. The minimum Gasteiger partial charge on any atom is -0.462 e. The molecule has 0 aliphatic heterocycles. The van der Waals surface area contributed by atoms with Gasteiger partial charge < -0.3 is 19.4 Å². The monoisotopic (exact) mass is 497 g/mol. The van der Waals surface area contributed by atoms with Gasteiger partial charge in [-0.1, -0.05) is 26.0 Å². The van der Waals surface area contributed by atoms with Gasteiger partial charge >= 0.3 is 18.1 Å². The number of nitrogens with one attached hydrogen (secondary N) is 1. The smallest absolute Gasteiger partial charge is 0.449 e. The molecule has 0 saturated carbocycles. The average Bonchev–Trinajstić information content (AvgIpc) is 3.35. The van der Waals surface area contributed by atoms with Gasteiger partial charge in [0.2, 0.25) is 5.82 Å². The molecule has 0 aliphatic rings. The first-order chi connectivity index (χ1) is 16.0. The first-order valence-corrected chi connectivity index (χ1v) is 11.1. The Balaban J connectivity index is 1.69. The van der Waals surface area contributed by atoms with Crippen LogP contribution in [0.15, 0.2) is 30.3 Å². The van der Waals surface area contributed by atoms with Crippen LogP contribution in [0.2, 0.25) is 0 Å². The summed E-state index contributed by atoms with van der Waals surface area (Å²) in [6.45, 7) is 4.11. The lowest BCUT2D eigenvalue weighted by Gasteiger charge is -2.11. The molecule has 1 amide bonds. The number of ether oxygens (including phenoxy) is 2. The zero-order valence-corrected chi connectivity index (χ0v) is 19.4. The molecule has 1 aromatic carbocycles. The molecule has 2 aromatic heterocycles. The molecule has 12 heteroatoms. The maximum absolute atomic E-state index is 13.4. The number of amides is 1. The molecule has 0 fully saturated rings. The molecular formula is C22H22F3N3O5S. The molecule has 0 unspecified atom stereocenters. The van der Waals surface area contributed by atoms with E-state index in [2.05, 4.69) is 10.3 Å². The number of para-hydroxylation sites is 2. The van der Waals surface area contributed by atoms with E-state index < -0.39 is 43.0 Å². The minimum absolute atomic E-state index is 0.0746. The fourth-order valence-electron chi connectivity index (χ4n) is 3.08. The quantitative estimate of drug-likeness (QED) is 0.457. The normalized spacial score (nSPS) is 11.6. The van der Waals surface area contributed by atoms with Crippen LogP contribution in [-0.2, 0) is 31.8 Å². The van der Waals surface area contributed by atoms with Gasteiger partial charge in [0.05, 0.1) is 23.2 Å². The standard InChI is InChI=1S/C22H22F3N3O5S/c1-4-32-20(31)13-9-16(12(2)3)34-19(13)27-17(29)11-33-18(30)10-28-15-8-6-5-7-14(15)26-21(28)22(23,24)25/h5-9,12H,4,10-11H2,1-3H3,(H,27,29). The second-order valence-electron chi connectivity index (χ2n) is 7.48. The van der Waals surface area contributed by atoms with Gasteiger partial charge in [0.15, 0.2) is 6.61 Å². The number of carbonyl (C=O) groups is 3. The van der Waals surface area contributed by atoms with E-state index in [1.165, 1.54) is 35.6 Å². The molecule has 0 bridgehead atoms. The molecule has 8 nitrogen and oxygen atoms in total. The number of alkyl halides is 3. The molecule has 1 N–H and O–H groups in total. The number of thiophene rings is 1. The van der Waals surface area contributed by atoms with Gasteiger partial charge in [-0.2, -0.15) is 13.2 Å². The van der Waals surface area contributed by atoms with Gasteiger partial charge in [0.1, 0.15) is 11.5 Å². The summed E-state index contributed by atoms with van der Waals surface area (Å²) in [5, 5.41) is 2.75. The van der Waals surface area contributed by atoms with Crippen molar-refractivity contribution in [3.05, 3.63) is 46.6 Å². The van der Waals surface area contributed by atoms with Crippen molar-refractivity contribution in [2.75, 3.05) is 18.5 Å². The first kappa shape index (κ1) is 25.2. The third kappa shape index (κ3) is 5.74. The fraction of sp³-hybridized carbons (Fsp3) is 0.364. The highest BCUT2D eigenvalue weighted by Crippen LogP contribution is 2.34. The summed E-state index contributed by atoms with van der Waals surface area (Å²) < 4.78 is 50.7. The van der Waals surface area contributed by atoms with Crippen LogP contribution in [-0.4, -0.2) is 40.6 Å². The van der Waals surface area contributed by atoms with Gasteiger partial charge in [0.25, 0.3) is 5.91 Å². The highest BCUT2D eigenvalue weighted by atomic mass is 32.1. The van der Waals surface area contributed by atoms with Crippen LogP contribution in [0.5, 0.6) is 0 Å². The number of rotatable bonds is 8. The molecular weight excluding hydrogens is 475 g/mol. The van der Waals surface area contributed by atoms with Crippen molar-refractivity contribution in [1.29, 1.82) is 0 Å². The van der Waals surface area contributed by atoms with Crippen molar-refractivity contribution in [3.63, 3.8) is 0 Å². The summed E-state index contributed by atoms with van der Waals surface area (Å²) in [5.74, 6) is -3.56. The largest absolute Gasteiger partial charge is 0.462 e. The molecule has 0 atom stereocenters. The molecule has 2 heterocycles. The maximum Gasteiger partial charge on any atom is 0.449 e.